The van der Waals surface area contributed by atoms with E-state index in [1.165, 1.54) is 5.56 Å². The summed E-state index contributed by atoms with van der Waals surface area (Å²) in [6.07, 6.45) is 3.73. The van der Waals surface area contributed by atoms with Crippen LogP contribution in [0.2, 0.25) is 0 Å². The van der Waals surface area contributed by atoms with Crippen molar-refractivity contribution in [3.05, 3.63) is 72.1 Å². The third kappa shape index (κ3) is 5.95. The van der Waals surface area contributed by atoms with Crippen molar-refractivity contribution < 1.29 is 19.0 Å². The van der Waals surface area contributed by atoms with Crippen LogP contribution < -0.4 is 14.8 Å². The van der Waals surface area contributed by atoms with E-state index in [9.17, 15) is 4.79 Å². The van der Waals surface area contributed by atoms with Crippen LogP contribution >= 0.6 is 0 Å². The number of rotatable bonds is 11. The first-order valence-electron chi connectivity index (χ1n) is 12.7. The maximum atomic E-state index is 13.4. The number of ether oxygens (including phenoxy) is 3. The molecule has 1 spiro atoms. The number of nitrogens with one attached hydrogen (secondary N) is 1. The SMILES string of the molecule is C=C(NC(CCN1CCC2(CC1)CCN(Cc1ccc(OC)cc1)C2=O)c1ccc(OC)cc1)OC. The number of piperidine rings is 1. The molecule has 2 saturated heterocycles. The smallest absolute Gasteiger partial charge is 0.229 e. The molecule has 0 aromatic heterocycles. The summed E-state index contributed by atoms with van der Waals surface area (Å²) in [6, 6.07) is 16.2. The van der Waals surface area contributed by atoms with Crippen LogP contribution in [0.3, 0.4) is 0 Å². The maximum absolute atomic E-state index is 13.4. The summed E-state index contributed by atoms with van der Waals surface area (Å²) in [5.41, 5.74) is 2.12. The van der Waals surface area contributed by atoms with Gasteiger partial charge in [0.25, 0.3) is 0 Å². The highest BCUT2D eigenvalue weighted by molar-refractivity contribution is 5.85. The molecule has 1 unspecified atom stereocenters. The standard InChI is InChI=1S/C29H39N3O4/c1-22(34-2)30-27(24-7-11-26(36-4)12-8-24)13-17-31-18-14-29(15-19-31)16-20-32(28(29)33)21-23-5-9-25(35-3)10-6-23/h5-12,27,30H,1,13-21H2,2-4H3. The third-order valence-electron chi connectivity index (χ3n) is 7.78. The van der Waals surface area contributed by atoms with Crippen LogP contribution in [-0.2, 0) is 16.1 Å². The van der Waals surface area contributed by atoms with Gasteiger partial charge in [-0.05, 0) is 80.7 Å². The first-order valence-corrected chi connectivity index (χ1v) is 12.7. The largest absolute Gasteiger partial charge is 0.497 e. The van der Waals surface area contributed by atoms with E-state index in [0.29, 0.717) is 18.3 Å². The second-order valence-electron chi connectivity index (χ2n) is 9.83. The molecule has 2 aromatic carbocycles. The fourth-order valence-electron chi connectivity index (χ4n) is 5.39. The van der Waals surface area contributed by atoms with E-state index in [2.05, 4.69) is 28.9 Å². The summed E-state index contributed by atoms with van der Waals surface area (Å²) >= 11 is 0. The van der Waals surface area contributed by atoms with Gasteiger partial charge in [-0.2, -0.15) is 0 Å². The van der Waals surface area contributed by atoms with Crippen molar-refractivity contribution in [3.63, 3.8) is 0 Å². The number of likely N-dealkylation sites (tertiary alicyclic amines) is 2. The van der Waals surface area contributed by atoms with Gasteiger partial charge in [-0.1, -0.05) is 24.3 Å². The molecule has 2 fully saturated rings. The van der Waals surface area contributed by atoms with Gasteiger partial charge in [0.2, 0.25) is 5.91 Å². The van der Waals surface area contributed by atoms with E-state index in [0.717, 1.165) is 68.9 Å². The number of carbonyl (C=O) groups is 1. The predicted octanol–water partition coefficient (Wildman–Crippen LogP) is 4.36. The Bertz CT molecular complexity index is 1010. The average Bonchev–Trinajstić information content (AvgIpc) is 3.22. The van der Waals surface area contributed by atoms with Crippen LogP contribution in [0, 0.1) is 5.41 Å². The van der Waals surface area contributed by atoms with Gasteiger partial charge < -0.3 is 29.3 Å². The van der Waals surface area contributed by atoms with Crippen molar-refractivity contribution >= 4 is 5.91 Å². The number of benzene rings is 2. The molecule has 0 aliphatic carbocycles. The first-order chi connectivity index (χ1) is 17.5. The zero-order chi connectivity index (χ0) is 25.5. The van der Waals surface area contributed by atoms with E-state index >= 15 is 0 Å². The van der Waals surface area contributed by atoms with Gasteiger partial charge in [-0.3, -0.25) is 4.79 Å². The van der Waals surface area contributed by atoms with Gasteiger partial charge in [0.1, 0.15) is 11.5 Å². The number of hydrogen-bond donors (Lipinski definition) is 1. The van der Waals surface area contributed by atoms with Crippen molar-refractivity contribution in [1.82, 2.24) is 15.1 Å². The average molecular weight is 494 g/mol. The Kier molecular flexibility index (Phi) is 8.41. The summed E-state index contributed by atoms with van der Waals surface area (Å²) < 4.78 is 15.8. The second kappa shape index (κ2) is 11.7. The lowest BCUT2D eigenvalue weighted by Gasteiger charge is -2.38. The van der Waals surface area contributed by atoms with Gasteiger partial charge in [0, 0.05) is 19.6 Å². The van der Waals surface area contributed by atoms with Crippen LogP contribution in [0.1, 0.15) is 42.9 Å². The summed E-state index contributed by atoms with van der Waals surface area (Å²) in [5.74, 6) is 2.56. The monoisotopic (exact) mass is 493 g/mol. The molecular formula is C29H39N3O4. The number of methoxy groups -OCH3 is 3. The highest BCUT2D eigenvalue weighted by Gasteiger charge is 2.47. The van der Waals surface area contributed by atoms with Gasteiger partial charge in [-0.15, -0.1) is 0 Å². The molecule has 7 nitrogen and oxygen atoms in total. The molecule has 2 aliphatic heterocycles. The molecule has 2 aromatic rings. The summed E-state index contributed by atoms with van der Waals surface area (Å²) in [4.78, 5) is 17.9. The van der Waals surface area contributed by atoms with Crippen molar-refractivity contribution in [2.75, 3.05) is 47.5 Å². The highest BCUT2D eigenvalue weighted by Crippen LogP contribution is 2.42. The Labute approximate surface area is 215 Å². The molecule has 0 radical (unpaired) electrons. The Morgan fingerprint density at radius 3 is 2.11 bits per heavy atom. The first kappa shape index (κ1) is 25.9. The lowest BCUT2D eigenvalue weighted by molar-refractivity contribution is -0.138. The van der Waals surface area contributed by atoms with Crippen LogP contribution in [0.25, 0.3) is 0 Å². The van der Waals surface area contributed by atoms with E-state index < -0.39 is 0 Å². The highest BCUT2D eigenvalue weighted by atomic mass is 16.5. The molecule has 7 heteroatoms. The minimum absolute atomic E-state index is 0.0901. The zero-order valence-corrected chi connectivity index (χ0v) is 21.8. The molecule has 4 rings (SSSR count). The third-order valence-corrected chi connectivity index (χ3v) is 7.78. The quantitative estimate of drug-likeness (QED) is 0.470. The lowest BCUT2D eigenvalue weighted by atomic mass is 9.77. The minimum atomic E-state index is -0.194. The van der Waals surface area contributed by atoms with E-state index in [-0.39, 0.29) is 11.5 Å². The van der Waals surface area contributed by atoms with Gasteiger partial charge in [0.05, 0.1) is 32.8 Å². The lowest BCUT2D eigenvalue weighted by Crippen LogP contribution is -2.45. The van der Waals surface area contributed by atoms with Crippen molar-refractivity contribution in [2.45, 2.75) is 38.3 Å². The molecule has 0 saturated carbocycles. The zero-order valence-electron chi connectivity index (χ0n) is 21.8. The van der Waals surface area contributed by atoms with Crippen LogP contribution in [0.4, 0.5) is 0 Å². The molecule has 194 valence electrons. The van der Waals surface area contributed by atoms with E-state index in [4.69, 9.17) is 14.2 Å². The Hall–Kier alpha value is -3.19. The second-order valence-corrected chi connectivity index (χ2v) is 9.83. The number of nitrogens with zero attached hydrogens (tertiary/aromatic N) is 2. The van der Waals surface area contributed by atoms with Crippen LogP contribution in [-0.4, -0.2) is 63.2 Å². The number of hydrogen-bond acceptors (Lipinski definition) is 6. The van der Waals surface area contributed by atoms with E-state index in [1.807, 2.05) is 41.3 Å². The van der Waals surface area contributed by atoms with Crippen molar-refractivity contribution in [3.8, 4) is 11.5 Å². The molecule has 0 bridgehead atoms. The Balaban J connectivity index is 1.30. The Morgan fingerprint density at radius 2 is 1.53 bits per heavy atom. The van der Waals surface area contributed by atoms with Gasteiger partial charge in [-0.25, -0.2) is 0 Å². The van der Waals surface area contributed by atoms with Crippen LogP contribution in [0.5, 0.6) is 11.5 Å². The van der Waals surface area contributed by atoms with Crippen molar-refractivity contribution in [1.29, 1.82) is 0 Å². The Morgan fingerprint density at radius 1 is 0.944 bits per heavy atom. The van der Waals surface area contributed by atoms with Crippen molar-refractivity contribution in [2.24, 2.45) is 5.41 Å². The topological polar surface area (TPSA) is 63.3 Å². The summed E-state index contributed by atoms with van der Waals surface area (Å²) in [6.45, 7) is 8.30. The molecule has 1 atom stereocenters. The maximum Gasteiger partial charge on any atom is 0.229 e. The molecule has 2 aliphatic rings. The summed E-state index contributed by atoms with van der Waals surface area (Å²) in [5, 5.41) is 3.40. The number of amides is 1. The molecule has 36 heavy (non-hydrogen) atoms. The molecule has 1 N–H and O–H groups in total. The van der Waals surface area contributed by atoms with Gasteiger partial charge >= 0.3 is 0 Å². The number of carbonyl (C=O) groups excluding carboxylic acids is 1. The minimum Gasteiger partial charge on any atom is -0.497 e. The predicted molar refractivity (Wildman–Crippen MR) is 141 cm³/mol. The summed E-state index contributed by atoms with van der Waals surface area (Å²) in [7, 11) is 4.97. The van der Waals surface area contributed by atoms with Gasteiger partial charge in [0.15, 0.2) is 5.88 Å². The van der Waals surface area contributed by atoms with E-state index in [1.54, 1.807) is 21.3 Å². The fourth-order valence-corrected chi connectivity index (χ4v) is 5.39. The normalized spacial score (nSPS) is 18.2. The fraction of sp³-hybridized carbons (Fsp3) is 0.483. The molecule has 1 amide bonds. The molecular weight excluding hydrogens is 454 g/mol. The molecule has 2 heterocycles. The van der Waals surface area contributed by atoms with Crippen LogP contribution in [0.15, 0.2) is 61.0 Å².